The van der Waals surface area contributed by atoms with Crippen LogP contribution in [0, 0.1) is 5.92 Å². The van der Waals surface area contributed by atoms with Crippen molar-refractivity contribution in [2.75, 3.05) is 64.3 Å². The van der Waals surface area contributed by atoms with Crippen LogP contribution in [-0.4, -0.2) is 84.5 Å². The largest absolute Gasteiger partial charge is 0.356 e. The molecule has 7 nitrogen and oxygen atoms in total. The first-order valence-corrected chi connectivity index (χ1v) is 11.3. The van der Waals surface area contributed by atoms with Crippen molar-refractivity contribution < 1.29 is 0 Å². The van der Waals surface area contributed by atoms with Gasteiger partial charge in [-0.25, -0.2) is 4.98 Å². The number of aryl methyl sites for hydroxylation is 1. The number of hydrogen-bond acceptors (Lipinski definition) is 6. The minimum Gasteiger partial charge on any atom is -0.356 e. The Morgan fingerprint density at radius 1 is 1.14 bits per heavy atom. The minimum absolute atomic E-state index is 0. The van der Waals surface area contributed by atoms with Crippen LogP contribution in [0.3, 0.4) is 0 Å². The number of aliphatic imine (C=N–C) groups is 1. The highest BCUT2D eigenvalue weighted by Gasteiger charge is 2.22. The lowest BCUT2D eigenvalue weighted by atomic mass is 9.93. The summed E-state index contributed by atoms with van der Waals surface area (Å²) in [7, 11) is 1.90. The maximum absolute atomic E-state index is 4.62. The number of rotatable bonds is 6. The molecule has 1 N–H and O–H groups in total. The zero-order valence-corrected chi connectivity index (χ0v) is 20.7. The molecule has 0 spiro atoms. The van der Waals surface area contributed by atoms with Crippen molar-refractivity contribution in [3.05, 3.63) is 5.82 Å². The van der Waals surface area contributed by atoms with Crippen molar-refractivity contribution in [3.63, 3.8) is 0 Å². The summed E-state index contributed by atoms with van der Waals surface area (Å²) >= 11 is 1.52. The Labute approximate surface area is 191 Å². The van der Waals surface area contributed by atoms with Gasteiger partial charge in [0.1, 0.15) is 5.82 Å². The summed E-state index contributed by atoms with van der Waals surface area (Å²) in [5.41, 5.74) is 0. The van der Waals surface area contributed by atoms with Gasteiger partial charge in [0.2, 0.25) is 5.13 Å². The standard InChI is InChI=1S/C19H35N7S.HI/c1-4-17-22-19(27-23-17)26-14-12-25(13-15-26)18(20-3)21-9-6-16-7-10-24(5-2)11-8-16;/h16H,4-15H2,1-3H3,(H,20,21);1H. The molecule has 0 amide bonds. The van der Waals surface area contributed by atoms with Gasteiger partial charge >= 0.3 is 0 Å². The van der Waals surface area contributed by atoms with Crippen LogP contribution in [0.25, 0.3) is 0 Å². The Balaban J connectivity index is 0.00000280. The molecule has 2 aliphatic rings. The topological polar surface area (TPSA) is 59.9 Å². The summed E-state index contributed by atoms with van der Waals surface area (Å²) in [4.78, 5) is 16.4. The van der Waals surface area contributed by atoms with Crippen molar-refractivity contribution >= 4 is 46.6 Å². The molecule has 3 rings (SSSR count). The molecule has 2 aliphatic heterocycles. The van der Waals surface area contributed by atoms with Gasteiger partial charge in [0.25, 0.3) is 0 Å². The Bertz CT molecular complexity index is 593. The number of piperazine rings is 1. The monoisotopic (exact) mass is 521 g/mol. The van der Waals surface area contributed by atoms with Crippen molar-refractivity contribution in [2.24, 2.45) is 10.9 Å². The average Bonchev–Trinajstić information content (AvgIpc) is 3.21. The second kappa shape index (κ2) is 12.1. The molecule has 9 heteroatoms. The van der Waals surface area contributed by atoms with Gasteiger partial charge in [-0.3, -0.25) is 4.99 Å². The van der Waals surface area contributed by atoms with Crippen molar-refractivity contribution in [2.45, 2.75) is 39.5 Å². The highest BCUT2D eigenvalue weighted by Crippen LogP contribution is 2.20. The van der Waals surface area contributed by atoms with Crippen molar-refractivity contribution in [3.8, 4) is 0 Å². The van der Waals surface area contributed by atoms with Crippen LogP contribution in [0.2, 0.25) is 0 Å². The normalized spacial score (nSPS) is 19.6. The number of likely N-dealkylation sites (tertiary alicyclic amines) is 1. The molecule has 0 unspecified atom stereocenters. The van der Waals surface area contributed by atoms with Crippen LogP contribution in [0.1, 0.15) is 38.9 Å². The van der Waals surface area contributed by atoms with Gasteiger partial charge in [-0.1, -0.05) is 13.8 Å². The van der Waals surface area contributed by atoms with Gasteiger partial charge in [-0.05, 0) is 44.8 Å². The zero-order valence-electron chi connectivity index (χ0n) is 17.6. The van der Waals surface area contributed by atoms with Gasteiger partial charge in [0.15, 0.2) is 5.96 Å². The van der Waals surface area contributed by atoms with E-state index in [0.717, 1.165) is 62.0 Å². The Kier molecular flexibility index (Phi) is 10.2. The van der Waals surface area contributed by atoms with Crippen molar-refractivity contribution in [1.29, 1.82) is 0 Å². The molecule has 28 heavy (non-hydrogen) atoms. The number of guanidine groups is 1. The van der Waals surface area contributed by atoms with Gasteiger partial charge in [-0.2, -0.15) is 4.37 Å². The van der Waals surface area contributed by atoms with Crippen LogP contribution in [0.4, 0.5) is 5.13 Å². The second-order valence-electron chi connectivity index (χ2n) is 7.46. The molecule has 2 fully saturated rings. The van der Waals surface area contributed by atoms with E-state index in [-0.39, 0.29) is 24.0 Å². The third-order valence-corrected chi connectivity index (χ3v) is 6.64. The number of piperidine rings is 1. The molecule has 1 aromatic rings. The fourth-order valence-corrected chi connectivity index (χ4v) is 4.74. The molecule has 0 bridgehead atoms. The van der Waals surface area contributed by atoms with E-state index in [1.807, 2.05) is 7.05 Å². The molecular weight excluding hydrogens is 485 g/mol. The van der Waals surface area contributed by atoms with Crippen LogP contribution < -0.4 is 10.2 Å². The Morgan fingerprint density at radius 2 is 1.86 bits per heavy atom. The van der Waals surface area contributed by atoms with Crippen LogP contribution in [0.15, 0.2) is 4.99 Å². The SMILES string of the molecule is CCc1nsc(N2CCN(C(=NC)NCCC3CCN(CC)CC3)CC2)n1.I. The number of halogens is 1. The maximum Gasteiger partial charge on any atom is 0.205 e. The fraction of sp³-hybridized carbons (Fsp3) is 0.842. The first-order chi connectivity index (χ1) is 13.2. The van der Waals surface area contributed by atoms with E-state index in [0.29, 0.717) is 0 Å². The summed E-state index contributed by atoms with van der Waals surface area (Å²) < 4.78 is 4.41. The number of nitrogens with zero attached hydrogens (tertiary/aromatic N) is 6. The van der Waals surface area contributed by atoms with Gasteiger partial charge in [-0.15, -0.1) is 24.0 Å². The highest BCUT2D eigenvalue weighted by molar-refractivity contribution is 14.0. The van der Waals surface area contributed by atoms with E-state index in [4.69, 9.17) is 0 Å². The molecule has 160 valence electrons. The molecule has 0 aromatic carbocycles. The van der Waals surface area contributed by atoms with E-state index >= 15 is 0 Å². The lowest BCUT2D eigenvalue weighted by Crippen LogP contribution is -2.52. The number of anilines is 1. The summed E-state index contributed by atoms with van der Waals surface area (Å²) in [6.45, 7) is 13.0. The molecule has 0 saturated carbocycles. The quantitative estimate of drug-likeness (QED) is 0.353. The molecule has 0 aliphatic carbocycles. The van der Waals surface area contributed by atoms with E-state index < -0.39 is 0 Å². The van der Waals surface area contributed by atoms with Gasteiger partial charge in [0.05, 0.1) is 0 Å². The number of hydrogen-bond donors (Lipinski definition) is 1. The van der Waals surface area contributed by atoms with Gasteiger partial charge in [0, 0.05) is 57.7 Å². The lowest BCUT2D eigenvalue weighted by molar-refractivity contribution is 0.187. The summed E-state index contributed by atoms with van der Waals surface area (Å²) in [6.07, 6.45) is 4.84. The predicted molar refractivity (Wildman–Crippen MR) is 129 cm³/mol. The van der Waals surface area contributed by atoms with E-state index in [1.165, 1.54) is 50.4 Å². The first kappa shape index (κ1) is 23.6. The molecule has 0 radical (unpaired) electrons. The third-order valence-electron chi connectivity index (χ3n) is 5.83. The first-order valence-electron chi connectivity index (χ1n) is 10.5. The molecule has 0 atom stereocenters. The highest BCUT2D eigenvalue weighted by atomic mass is 127. The summed E-state index contributed by atoms with van der Waals surface area (Å²) in [6, 6.07) is 0. The smallest absolute Gasteiger partial charge is 0.205 e. The van der Waals surface area contributed by atoms with Crippen molar-refractivity contribution in [1.82, 2.24) is 24.5 Å². The maximum atomic E-state index is 4.62. The lowest BCUT2D eigenvalue weighted by Gasteiger charge is -2.36. The number of aromatic nitrogens is 2. The molecule has 1 aromatic heterocycles. The molecule has 2 saturated heterocycles. The summed E-state index contributed by atoms with van der Waals surface area (Å²) in [5, 5.41) is 4.66. The Hall–Kier alpha value is -0.680. The van der Waals surface area contributed by atoms with Crippen LogP contribution in [-0.2, 0) is 6.42 Å². The van der Waals surface area contributed by atoms with E-state index in [9.17, 15) is 0 Å². The molecular formula is C19H36IN7S. The fourth-order valence-electron chi connectivity index (χ4n) is 3.94. The minimum atomic E-state index is 0. The molecule has 3 heterocycles. The summed E-state index contributed by atoms with van der Waals surface area (Å²) in [5.74, 6) is 2.87. The predicted octanol–water partition coefficient (Wildman–Crippen LogP) is 2.54. The van der Waals surface area contributed by atoms with Crippen LogP contribution in [0.5, 0.6) is 0 Å². The zero-order chi connectivity index (χ0) is 19.1. The van der Waals surface area contributed by atoms with E-state index in [2.05, 4.69) is 48.2 Å². The van der Waals surface area contributed by atoms with Gasteiger partial charge < -0.3 is 20.0 Å². The third kappa shape index (κ3) is 6.41. The van der Waals surface area contributed by atoms with Crippen LogP contribution >= 0.6 is 35.5 Å². The second-order valence-corrected chi connectivity index (χ2v) is 8.19. The number of nitrogens with one attached hydrogen (secondary N) is 1. The Morgan fingerprint density at radius 3 is 2.43 bits per heavy atom. The average molecular weight is 522 g/mol. The van der Waals surface area contributed by atoms with E-state index in [1.54, 1.807) is 0 Å².